The van der Waals surface area contributed by atoms with Crippen LogP contribution in [0.15, 0.2) is 0 Å². The number of aliphatic hydroxyl groups excluding tert-OH is 1. The van der Waals surface area contributed by atoms with Crippen molar-refractivity contribution in [1.82, 2.24) is 0 Å². The number of unbranched alkanes of at least 4 members (excludes halogenated alkanes) is 1. The second-order valence-corrected chi connectivity index (χ2v) is 3.30. The first kappa shape index (κ1) is 13.1. The van der Waals surface area contributed by atoms with Gasteiger partial charge in [-0.1, -0.05) is 13.3 Å². The largest absolute Gasteiger partial charge is 0.463 e. The maximum absolute atomic E-state index is 11.2. The van der Waals surface area contributed by atoms with Crippen molar-refractivity contribution in [3.63, 3.8) is 0 Å². The molecule has 4 heteroatoms. The van der Waals surface area contributed by atoms with E-state index >= 15 is 0 Å². The number of hydrogen-bond donors (Lipinski definition) is 1. The fourth-order valence-corrected chi connectivity index (χ4v) is 1.01. The zero-order valence-corrected chi connectivity index (χ0v) is 8.78. The van der Waals surface area contributed by atoms with E-state index in [9.17, 15) is 14.7 Å². The minimum absolute atomic E-state index is 0.0199. The number of ether oxygens (including phenoxy) is 1. The van der Waals surface area contributed by atoms with Gasteiger partial charge in [-0.25, -0.2) is 0 Å². The molecule has 0 spiro atoms. The highest BCUT2D eigenvalue weighted by molar-refractivity contribution is 5.78. The van der Waals surface area contributed by atoms with Crippen LogP contribution in [0.25, 0.3) is 0 Å². The Labute approximate surface area is 84.3 Å². The van der Waals surface area contributed by atoms with Crippen LogP contribution < -0.4 is 0 Å². The third-order valence-electron chi connectivity index (χ3n) is 1.75. The molecule has 0 fully saturated rings. The molecule has 0 amide bonds. The second-order valence-electron chi connectivity index (χ2n) is 3.30. The van der Waals surface area contributed by atoms with Gasteiger partial charge >= 0.3 is 5.97 Å². The summed E-state index contributed by atoms with van der Waals surface area (Å²) in [7, 11) is 0. The normalized spacial score (nSPS) is 12.2. The van der Waals surface area contributed by atoms with Crippen LogP contribution in [0.5, 0.6) is 0 Å². The second kappa shape index (κ2) is 7.50. The van der Waals surface area contributed by atoms with Crippen molar-refractivity contribution < 1.29 is 19.4 Å². The topological polar surface area (TPSA) is 63.6 Å². The van der Waals surface area contributed by atoms with Crippen molar-refractivity contribution in [1.29, 1.82) is 0 Å². The molecule has 0 aromatic rings. The zero-order valence-electron chi connectivity index (χ0n) is 8.78. The van der Waals surface area contributed by atoms with Gasteiger partial charge in [0.05, 0.1) is 6.10 Å². The number of aliphatic hydroxyl groups is 1. The lowest BCUT2D eigenvalue weighted by Gasteiger charge is -2.09. The Balaban J connectivity index is 3.55. The quantitative estimate of drug-likeness (QED) is 0.627. The molecule has 0 bridgehead atoms. The number of hydrogen-bond acceptors (Lipinski definition) is 4. The predicted octanol–water partition coefficient (Wildman–Crippen LogP) is 1.06. The van der Waals surface area contributed by atoms with Crippen LogP contribution in [0.1, 0.15) is 39.5 Å². The lowest BCUT2D eigenvalue weighted by molar-refractivity contribution is -0.145. The highest BCUT2D eigenvalue weighted by atomic mass is 16.5. The Kier molecular flexibility index (Phi) is 7.02. The summed E-state index contributed by atoms with van der Waals surface area (Å²) in [5.74, 6) is -0.420. The Morgan fingerprint density at radius 2 is 2.07 bits per heavy atom. The number of carbonyl (C=O) groups is 2. The van der Waals surface area contributed by atoms with Gasteiger partial charge < -0.3 is 9.84 Å². The lowest BCUT2D eigenvalue weighted by Crippen LogP contribution is -2.20. The van der Waals surface area contributed by atoms with Crippen molar-refractivity contribution in [2.45, 2.75) is 45.6 Å². The van der Waals surface area contributed by atoms with E-state index in [-0.39, 0.29) is 18.8 Å². The van der Waals surface area contributed by atoms with Gasteiger partial charge in [-0.05, 0) is 6.42 Å². The number of Topliss-reactive ketones (excluding diaryl/α,β-unsaturated/α-hetero) is 1. The van der Waals surface area contributed by atoms with E-state index in [4.69, 9.17) is 0 Å². The first-order valence-corrected chi connectivity index (χ1v) is 4.89. The average molecular weight is 202 g/mol. The van der Waals surface area contributed by atoms with E-state index in [0.717, 1.165) is 12.8 Å². The molecule has 0 aromatic heterocycles. The summed E-state index contributed by atoms with van der Waals surface area (Å²) in [5.41, 5.74) is 0. The molecule has 1 N–H and O–H groups in total. The van der Waals surface area contributed by atoms with Crippen LogP contribution in [0.4, 0.5) is 0 Å². The summed E-state index contributed by atoms with van der Waals surface area (Å²) < 4.78 is 4.57. The Morgan fingerprint density at radius 1 is 1.43 bits per heavy atom. The molecule has 0 aliphatic rings. The SMILES string of the molecule is CCCCC(=O)C[C@H](O)COC(C)=O. The summed E-state index contributed by atoms with van der Waals surface area (Å²) in [4.78, 5) is 21.5. The smallest absolute Gasteiger partial charge is 0.302 e. The first-order valence-electron chi connectivity index (χ1n) is 4.89. The fraction of sp³-hybridized carbons (Fsp3) is 0.800. The molecule has 0 rings (SSSR count). The average Bonchev–Trinajstić information content (AvgIpc) is 2.11. The number of rotatable bonds is 7. The van der Waals surface area contributed by atoms with Crippen molar-refractivity contribution >= 4 is 11.8 Å². The fourth-order valence-electron chi connectivity index (χ4n) is 1.01. The van der Waals surface area contributed by atoms with Crippen molar-refractivity contribution in [3.05, 3.63) is 0 Å². The van der Waals surface area contributed by atoms with E-state index in [1.807, 2.05) is 6.92 Å². The lowest BCUT2D eigenvalue weighted by atomic mass is 10.1. The molecule has 0 saturated carbocycles. The van der Waals surface area contributed by atoms with Crippen molar-refractivity contribution in [3.8, 4) is 0 Å². The minimum Gasteiger partial charge on any atom is -0.463 e. The maximum atomic E-state index is 11.2. The van der Waals surface area contributed by atoms with Crippen LogP contribution >= 0.6 is 0 Å². The first-order chi connectivity index (χ1) is 6.56. The molecule has 4 nitrogen and oxygen atoms in total. The van der Waals surface area contributed by atoms with Crippen LogP contribution in [0.3, 0.4) is 0 Å². The summed E-state index contributed by atoms with van der Waals surface area (Å²) in [6.45, 7) is 3.18. The van der Waals surface area contributed by atoms with Gasteiger partial charge in [-0.3, -0.25) is 9.59 Å². The standard InChI is InChI=1S/C10H18O4/c1-3-4-5-9(12)6-10(13)7-14-8(2)11/h10,13H,3-7H2,1-2H3/t10-/m0/s1. The van der Waals surface area contributed by atoms with Gasteiger partial charge in [0.2, 0.25) is 0 Å². The summed E-state index contributed by atoms with van der Waals surface area (Å²) in [5, 5.41) is 9.27. The molecular weight excluding hydrogens is 184 g/mol. The van der Waals surface area contributed by atoms with Gasteiger partial charge in [0.25, 0.3) is 0 Å². The highest BCUT2D eigenvalue weighted by Gasteiger charge is 2.11. The Morgan fingerprint density at radius 3 is 2.57 bits per heavy atom. The van der Waals surface area contributed by atoms with Gasteiger partial charge in [0, 0.05) is 19.8 Å². The molecular formula is C10H18O4. The molecule has 0 aromatic carbocycles. The molecule has 0 unspecified atom stereocenters. The van der Waals surface area contributed by atoms with E-state index in [0.29, 0.717) is 6.42 Å². The van der Waals surface area contributed by atoms with Crippen LogP contribution in [0, 0.1) is 0 Å². The summed E-state index contributed by atoms with van der Waals surface area (Å²) in [6.07, 6.45) is 1.52. The van der Waals surface area contributed by atoms with Crippen molar-refractivity contribution in [2.24, 2.45) is 0 Å². The number of ketones is 1. The molecule has 0 heterocycles. The van der Waals surface area contributed by atoms with Gasteiger partial charge in [-0.2, -0.15) is 0 Å². The molecule has 1 atom stereocenters. The zero-order chi connectivity index (χ0) is 11.0. The molecule has 0 saturated heterocycles. The van der Waals surface area contributed by atoms with Crippen LogP contribution in [0.2, 0.25) is 0 Å². The third-order valence-corrected chi connectivity index (χ3v) is 1.75. The van der Waals surface area contributed by atoms with Gasteiger partial charge in [0.15, 0.2) is 0 Å². The van der Waals surface area contributed by atoms with Gasteiger partial charge in [0.1, 0.15) is 12.4 Å². The number of carbonyl (C=O) groups excluding carboxylic acids is 2. The third kappa shape index (κ3) is 7.73. The predicted molar refractivity (Wildman–Crippen MR) is 51.8 cm³/mol. The molecule has 0 aliphatic carbocycles. The molecule has 0 aliphatic heterocycles. The molecule has 82 valence electrons. The maximum Gasteiger partial charge on any atom is 0.302 e. The Bertz CT molecular complexity index is 189. The van der Waals surface area contributed by atoms with E-state index < -0.39 is 12.1 Å². The van der Waals surface area contributed by atoms with Crippen LogP contribution in [-0.4, -0.2) is 29.6 Å². The summed E-state index contributed by atoms with van der Waals surface area (Å²) in [6, 6.07) is 0. The highest BCUT2D eigenvalue weighted by Crippen LogP contribution is 2.02. The number of esters is 1. The Hall–Kier alpha value is -0.900. The molecule has 14 heavy (non-hydrogen) atoms. The monoisotopic (exact) mass is 202 g/mol. The van der Waals surface area contributed by atoms with E-state index in [2.05, 4.69) is 4.74 Å². The van der Waals surface area contributed by atoms with E-state index in [1.54, 1.807) is 0 Å². The summed E-state index contributed by atoms with van der Waals surface area (Å²) >= 11 is 0. The van der Waals surface area contributed by atoms with Crippen LogP contribution in [-0.2, 0) is 14.3 Å². The van der Waals surface area contributed by atoms with E-state index in [1.165, 1.54) is 6.92 Å². The minimum atomic E-state index is -0.858. The van der Waals surface area contributed by atoms with Gasteiger partial charge in [-0.15, -0.1) is 0 Å². The molecule has 0 radical (unpaired) electrons. The van der Waals surface area contributed by atoms with Crippen molar-refractivity contribution in [2.75, 3.05) is 6.61 Å².